The van der Waals surface area contributed by atoms with Crippen molar-refractivity contribution in [1.82, 2.24) is 5.32 Å². The molecular weight excluding hydrogens is 262 g/mol. The highest BCUT2D eigenvalue weighted by atomic mass is 16.5. The second kappa shape index (κ2) is 6.10. The average molecular weight is 281 g/mol. The third kappa shape index (κ3) is 3.50. The lowest BCUT2D eigenvalue weighted by Gasteiger charge is -2.19. The van der Waals surface area contributed by atoms with Crippen molar-refractivity contribution < 1.29 is 9.53 Å². The van der Waals surface area contributed by atoms with Gasteiger partial charge in [-0.1, -0.05) is 60.7 Å². The predicted molar refractivity (Wildman–Crippen MR) is 81.8 cm³/mol. The number of benzene rings is 2. The van der Waals surface area contributed by atoms with Crippen molar-refractivity contribution in [2.24, 2.45) is 0 Å². The summed E-state index contributed by atoms with van der Waals surface area (Å²) >= 11 is 0. The SMILES string of the molecule is CC(=O)NC1CC1OC(c1ccccc1)c1ccccc1. The molecule has 1 fully saturated rings. The summed E-state index contributed by atoms with van der Waals surface area (Å²) in [6.45, 7) is 1.54. The summed E-state index contributed by atoms with van der Waals surface area (Å²) < 4.78 is 6.23. The molecule has 1 aliphatic carbocycles. The maximum atomic E-state index is 11.1. The summed E-state index contributed by atoms with van der Waals surface area (Å²) in [5, 5.41) is 2.91. The molecule has 1 N–H and O–H groups in total. The molecule has 21 heavy (non-hydrogen) atoms. The zero-order chi connectivity index (χ0) is 14.7. The Morgan fingerprint density at radius 3 is 2.05 bits per heavy atom. The molecule has 2 atom stereocenters. The fourth-order valence-corrected chi connectivity index (χ4v) is 2.52. The van der Waals surface area contributed by atoms with Gasteiger partial charge in [-0.3, -0.25) is 4.79 Å². The van der Waals surface area contributed by atoms with Crippen LogP contribution < -0.4 is 5.32 Å². The number of rotatable bonds is 5. The first-order chi connectivity index (χ1) is 10.2. The fraction of sp³-hybridized carbons (Fsp3) is 0.278. The molecule has 0 saturated heterocycles. The van der Waals surface area contributed by atoms with Gasteiger partial charge in [-0.25, -0.2) is 0 Å². The lowest BCUT2D eigenvalue weighted by molar-refractivity contribution is -0.119. The Balaban J connectivity index is 1.77. The quantitative estimate of drug-likeness (QED) is 0.914. The van der Waals surface area contributed by atoms with Crippen LogP contribution in [0.25, 0.3) is 0 Å². The lowest BCUT2D eigenvalue weighted by Crippen LogP contribution is -2.26. The summed E-state index contributed by atoms with van der Waals surface area (Å²) in [7, 11) is 0. The minimum absolute atomic E-state index is 0.00192. The minimum atomic E-state index is -0.0869. The van der Waals surface area contributed by atoms with Crippen molar-refractivity contribution in [2.75, 3.05) is 0 Å². The molecule has 1 aliphatic rings. The molecule has 1 saturated carbocycles. The third-order valence-corrected chi connectivity index (χ3v) is 3.64. The van der Waals surface area contributed by atoms with Crippen LogP contribution >= 0.6 is 0 Å². The Labute approximate surface area is 124 Å². The number of nitrogens with one attached hydrogen (secondary N) is 1. The average Bonchev–Trinajstić information content (AvgIpc) is 3.23. The Bertz CT molecular complexity index is 558. The van der Waals surface area contributed by atoms with Gasteiger partial charge in [0.05, 0.1) is 12.1 Å². The van der Waals surface area contributed by atoms with Gasteiger partial charge in [-0.2, -0.15) is 0 Å². The van der Waals surface area contributed by atoms with Crippen molar-refractivity contribution in [2.45, 2.75) is 31.6 Å². The van der Waals surface area contributed by atoms with Gasteiger partial charge in [0.2, 0.25) is 5.91 Å². The zero-order valence-electron chi connectivity index (χ0n) is 12.0. The van der Waals surface area contributed by atoms with Gasteiger partial charge in [0.25, 0.3) is 0 Å². The van der Waals surface area contributed by atoms with E-state index in [1.807, 2.05) is 36.4 Å². The van der Waals surface area contributed by atoms with Crippen LogP contribution in [-0.2, 0) is 9.53 Å². The van der Waals surface area contributed by atoms with Gasteiger partial charge in [0.15, 0.2) is 0 Å². The predicted octanol–water partition coefficient (Wildman–Crippen LogP) is 3.07. The molecular formula is C18H19NO2. The highest BCUT2D eigenvalue weighted by molar-refractivity contribution is 5.73. The van der Waals surface area contributed by atoms with E-state index in [2.05, 4.69) is 29.6 Å². The molecule has 2 aromatic rings. The van der Waals surface area contributed by atoms with Crippen molar-refractivity contribution in [3.63, 3.8) is 0 Å². The Morgan fingerprint density at radius 1 is 1.05 bits per heavy atom. The van der Waals surface area contributed by atoms with E-state index in [0.29, 0.717) is 0 Å². The van der Waals surface area contributed by atoms with Gasteiger partial charge in [0.1, 0.15) is 6.10 Å². The fourth-order valence-electron chi connectivity index (χ4n) is 2.52. The number of ether oxygens (including phenoxy) is 1. The minimum Gasteiger partial charge on any atom is -0.363 e. The summed E-state index contributed by atoms with van der Waals surface area (Å²) in [5.41, 5.74) is 2.27. The molecule has 0 bridgehead atoms. The molecule has 2 unspecified atom stereocenters. The summed E-state index contributed by atoms with van der Waals surface area (Å²) in [5.74, 6) is 0.00192. The maximum Gasteiger partial charge on any atom is 0.217 e. The van der Waals surface area contributed by atoms with E-state index in [9.17, 15) is 4.79 Å². The van der Waals surface area contributed by atoms with E-state index in [1.54, 1.807) is 6.92 Å². The summed E-state index contributed by atoms with van der Waals surface area (Å²) in [6.07, 6.45) is 0.894. The van der Waals surface area contributed by atoms with Crippen molar-refractivity contribution in [3.8, 4) is 0 Å². The van der Waals surface area contributed by atoms with Gasteiger partial charge in [0, 0.05) is 6.92 Å². The van der Waals surface area contributed by atoms with Crippen LogP contribution in [0.3, 0.4) is 0 Å². The Kier molecular flexibility index (Phi) is 4.02. The molecule has 0 aromatic heterocycles. The Morgan fingerprint density at radius 2 is 1.57 bits per heavy atom. The summed E-state index contributed by atoms with van der Waals surface area (Å²) in [6, 6.07) is 20.5. The van der Waals surface area contributed by atoms with Gasteiger partial charge < -0.3 is 10.1 Å². The maximum absolute atomic E-state index is 11.1. The van der Waals surface area contributed by atoms with E-state index >= 15 is 0 Å². The molecule has 3 rings (SSSR count). The van der Waals surface area contributed by atoms with E-state index in [1.165, 1.54) is 0 Å². The molecule has 1 amide bonds. The standard InChI is InChI=1S/C18H19NO2/c1-13(20)19-16-12-17(16)21-18(14-8-4-2-5-9-14)15-10-6-3-7-11-15/h2-11,16-18H,12H2,1H3,(H,19,20). The van der Waals surface area contributed by atoms with Crippen LogP contribution in [0.1, 0.15) is 30.6 Å². The van der Waals surface area contributed by atoms with Crippen molar-refractivity contribution in [1.29, 1.82) is 0 Å². The second-order valence-electron chi connectivity index (χ2n) is 5.42. The van der Waals surface area contributed by atoms with E-state index in [0.717, 1.165) is 17.5 Å². The number of amides is 1. The number of carbonyl (C=O) groups excluding carboxylic acids is 1. The molecule has 2 aromatic carbocycles. The largest absolute Gasteiger partial charge is 0.363 e. The molecule has 0 radical (unpaired) electrons. The van der Waals surface area contributed by atoms with Crippen LogP contribution in [0.15, 0.2) is 60.7 Å². The highest BCUT2D eigenvalue weighted by Gasteiger charge is 2.41. The number of carbonyl (C=O) groups is 1. The topological polar surface area (TPSA) is 38.3 Å². The van der Waals surface area contributed by atoms with Crippen LogP contribution in [0, 0.1) is 0 Å². The van der Waals surface area contributed by atoms with Crippen LogP contribution in [0.4, 0.5) is 0 Å². The smallest absolute Gasteiger partial charge is 0.217 e. The van der Waals surface area contributed by atoms with Gasteiger partial charge in [-0.05, 0) is 17.5 Å². The molecule has 3 heteroatoms. The Hall–Kier alpha value is -2.13. The van der Waals surface area contributed by atoms with Crippen LogP contribution in [0.2, 0.25) is 0 Å². The van der Waals surface area contributed by atoms with Gasteiger partial charge in [-0.15, -0.1) is 0 Å². The zero-order valence-corrected chi connectivity index (χ0v) is 12.0. The van der Waals surface area contributed by atoms with E-state index in [-0.39, 0.29) is 24.2 Å². The second-order valence-corrected chi connectivity index (χ2v) is 5.42. The molecule has 0 heterocycles. The van der Waals surface area contributed by atoms with Crippen molar-refractivity contribution in [3.05, 3.63) is 71.8 Å². The monoisotopic (exact) mass is 281 g/mol. The normalized spacial score (nSPS) is 20.3. The third-order valence-electron chi connectivity index (χ3n) is 3.64. The van der Waals surface area contributed by atoms with Crippen LogP contribution in [-0.4, -0.2) is 18.1 Å². The summed E-state index contributed by atoms with van der Waals surface area (Å²) in [4.78, 5) is 11.1. The molecule has 108 valence electrons. The first-order valence-electron chi connectivity index (χ1n) is 7.26. The first-order valence-corrected chi connectivity index (χ1v) is 7.26. The van der Waals surface area contributed by atoms with Crippen LogP contribution in [0.5, 0.6) is 0 Å². The number of hydrogen-bond acceptors (Lipinski definition) is 2. The van der Waals surface area contributed by atoms with E-state index < -0.39 is 0 Å². The van der Waals surface area contributed by atoms with Gasteiger partial charge >= 0.3 is 0 Å². The highest BCUT2D eigenvalue weighted by Crippen LogP contribution is 2.35. The molecule has 0 aliphatic heterocycles. The van der Waals surface area contributed by atoms with Crippen molar-refractivity contribution >= 4 is 5.91 Å². The number of hydrogen-bond donors (Lipinski definition) is 1. The molecule has 0 spiro atoms. The molecule has 3 nitrogen and oxygen atoms in total. The lowest BCUT2D eigenvalue weighted by atomic mass is 10.0. The van der Waals surface area contributed by atoms with E-state index in [4.69, 9.17) is 4.74 Å². The first kappa shape index (κ1) is 13.8.